The number of thioether (sulfide) groups is 1. The molecule has 2 heterocycles. The van der Waals surface area contributed by atoms with E-state index in [0.717, 1.165) is 23.9 Å². The van der Waals surface area contributed by atoms with E-state index in [0.29, 0.717) is 12.1 Å². The maximum atomic E-state index is 13.1. The first-order valence-electron chi connectivity index (χ1n) is 9.93. The third-order valence-electron chi connectivity index (χ3n) is 5.35. The predicted molar refractivity (Wildman–Crippen MR) is 119 cm³/mol. The quantitative estimate of drug-likeness (QED) is 0.567. The molecule has 1 fully saturated rings. The number of carbonyl (C=O) groups is 1. The van der Waals surface area contributed by atoms with Crippen molar-refractivity contribution >= 4 is 23.4 Å². The number of carbonyl (C=O) groups excluding carboxylic acids is 1. The van der Waals surface area contributed by atoms with Gasteiger partial charge in [0, 0.05) is 56.0 Å². The Morgan fingerprint density at radius 2 is 1.93 bits per heavy atom. The molecule has 2 aromatic carbocycles. The number of para-hydroxylation sites is 1. The van der Waals surface area contributed by atoms with Crippen LogP contribution in [-0.2, 0) is 6.54 Å². The van der Waals surface area contributed by atoms with Gasteiger partial charge in [0.15, 0.2) is 5.16 Å². The monoisotopic (exact) mass is 406 g/mol. The summed E-state index contributed by atoms with van der Waals surface area (Å²) in [6.07, 6.45) is 8.18. The fourth-order valence-electron chi connectivity index (χ4n) is 3.88. The molecule has 1 aliphatic heterocycles. The average molecular weight is 407 g/mol. The van der Waals surface area contributed by atoms with Crippen molar-refractivity contribution in [1.82, 2.24) is 14.5 Å². The van der Waals surface area contributed by atoms with Gasteiger partial charge in [-0.05, 0) is 48.9 Å². The molecule has 1 aromatic heterocycles. The second-order valence-corrected chi connectivity index (χ2v) is 8.09. The molecule has 0 unspecified atom stereocenters. The minimum Gasteiger partial charge on any atom is -0.371 e. The van der Waals surface area contributed by atoms with Crippen molar-refractivity contribution in [1.29, 1.82) is 0 Å². The average Bonchev–Trinajstić information content (AvgIpc) is 3.45. The standard InChI is InChI=1S/C23H26N4OS/c1-25(17-19-8-3-4-11-21(19)26-13-5-6-14-26)22(28)18-9-7-10-20(16-18)27-15-12-24-23(27)29-2/h3-4,7-12,15-16H,5-6,13-14,17H2,1-2H3. The van der Waals surface area contributed by atoms with Crippen LogP contribution in [0.15, 0.2) is 66.1 Å². The summed E-state index contributed by atoms with van der Waals surface area (Å²) in [6.45, 7) is 2.79. The van der Waals surface area contributed by atoms with Crippen LogP contribution >= 0.6 is 11.8 Å². The largest absolute Gasteiger partial charge is 0.371 e. The number of hydrogen-bond acceptors (Lipinski definition) is 4. The van der Waals surface area contributed by atoms with Gasteiger partial charge in [0.2, 0.25) is 0 Å². The van der Waals surface area contributed by atoms with Gasteiger partial charge in [-0.25, -0.2) is 4.98 Å². The summed E-state index contributed by atoms with van der Waals surface area (Å²) in [7, 11) is 1.88. The Kier molecular flexibility index (Phi) is 5.90. The third-order valence-corrected chi connectivity index (χ3v) is 6.02. The molecule has 4 rings (SSSR count). The summed E-state index contributed by atoms with van der Waals surface area (Å²) >= 11 is 1.58. The topological polar surface area (TPSA) is 41.4 Å². The number of hydrogen-bond donors (Lipinski definition) is 0. The maximum Gasteiger partial charge on any atom is 0.253 e. The van der Waals surface area contributed by atoms with E-state index in [9.17, 15) is 4.79 Å². The lowest BCUT2D eigenvalue weighted by molar-refractivity contribution is 0.0785. The highest BCUT2D eigenvalue weighted by Gasteiger charge is 2.19. The van der Waals surface area contributed by atoms with Crippen LogP contribution in [-0.4, -0.2) is 46.8 Å². The molecule has 0 spiro atoms. The molecule has 0 aliphatic carbocycles. The minimum absolute atomic E-state index is 0.0221. The number of benzene rings is 2. The van der Waals surface area contributed by atoms with E-state index >= 15 is 0 Å². The van der Waals surface area contributed by atoms with Crippen LogP contribution in [0.2, 0.25) is 0 Å². The number of anilines is 1. The Balaban J connectivity index is 1.54. The zero-order valence-corrected chi connectivity index (χ0v) is 17.7. The zero-order valence-electron chi connectivity index (χ0n) is 16.9. The summed E-state index contributed by atoms with van der Waals surface area (Å²) in [5, 5.41) is 0.905. The van der Waals surface area contributed by atoms with Gasteiger partial charge in [0.25, 0.3) is 5.91 Å². The van der Waals surface area contributed by atoms with Crippen molar-refractivity contribution in [2.24, 2.45) is 0 Å². The van der Waals surface area contributed by atoms with E-state index in [2.05, 4.69) is 34.1 Å². The molecule has 1 saturated heterocycles. The molecular weight excluding hydrogens is 380 g/mol. The summed E-state index contributed by atoms with van der Waals surface area (Å²) < 4.78 is 2.00. The smallest absolute Gasteiger partial charge is 0.253 e. The van der Waals surface area contributed by atoms with Gasteiger partial charge in [-0.15, -0.1) is 0 Å². The third kappa shape index (κ3) is 4.17. The molecule has 5 nitrogen and oxygen atoms in total. The predicted octanol–water partition coefficient (Wildman–Crippen LogP) is 4.47. The van der Waals surface area contributed by atoms with Crippen molar-refractivity contribution in [3.05, 3.63) is 72.1 Å². The minimum atomic E-state index is 0.0221. The Labute approximate surface area is 176 Å². The van der Waals surface area contributed by atoms with Crippen LogP contribution in [0, 0.1) is 0 Å². The first kappa shape index (κ1) is 19.6. The van der Waals surface area contributed by atoms with Gasteiger partial charge in [0.05, 0.1) is 0 Å². The fourth-order valence-corrected chi connectivity index (χ4v) is 4.41. The van der Waals surface area contributed by atoms with Gasteiger partial charge in [0.1, 0.15) is 0 Å². The van der Waals surface area contributed by atoms with E-state index in [4.69, 9.17) is 0 Å². The highest BCUT2D eigenvalue weighted by atomic mass is 32.2. The molecular formula is C23H26N4OS. The highest BCUT2D eigenvalue weighted by molar-refractivity contribution is 7.98. The lowest BCUT2D eigenvalue weighted by atomic mass is 10.1. The Morgan fingerprint density at radius 1 is 1.14 bits per heavy atom. The molecule has 0 saturated carbocycles. The summed E-state index contributed by atoms with van der Waals surface area (Å²) in [5.41, 5.74) is 4.08. The van der Waals surface area contributed by atoms with E-state index < -0.39 is 0 Å². The number of nitrogens with zero attached hydrogens (tertiary/aromatic N) is 4. The van der Waals surface area contributed by atoms with E-state index in [1.807, 2.05) is 48.3 Å². The van der Waals surface area contributed by atoms with E-state index in [-0.39, 0.29) is 5.91 Å². The van der Waals surface area contributed by atoms with Crippen molar-refractivity contribution in [2.75, 3.05) is 31.3 Å². The Morgan fingerprint density at radius 3 is 2.72 bits per heavy atom. The summed E-state index contributed by atoms with van der Waals surface area (Å²) in [4.78, 5) is 21.7. The van der Waals surface area contributed by atoms with Crippen LogP contribution < -0.4 is 4.90 Å². The molecule has 1 amide bonds. The first-order chi connectivity index (χ1) is 14.2. The maximum absolute atomic E-state index is 13.1. The SMILES string of the molecule is CSc1nccn1-c1cccc(C(=O)N(C)Cc2ccccc2N2CCCC2)c1. The second-order valence-electron chi connectivity index (χ2n) is 7.32. The summed E-state index contributed by atoms with van der Waals surface area (Å²) in [6, 6.07) is 16.2. The molecule has 150 valence electrons. The normalized spacial score (nSPS) is 13.7. The molecule has 0 radical (unpaired) electrons. The lowest BCUT2D eigenvalue weighted by Gasteiger charge is -2.24. The van der Waals surface area contributed by atoms with Gasteiger partial charge < -0.3 is 9.80 Å². The van der Waals surface area contributed by atoms with Crippen LogP contribution in [0.1, 0.15) is 28.8 Å². The van der Waals surface area contributed by atoms with Crippen molar-refractivity contribution in [3.8, 4) is 5.69 Å². The number of amides is 1. The van der Waals surface area contributed by atoms with Crippen molar-refractivity contribution in [3.63, 3.8) is 0 Å². The lowest BCUT2D eigenvalue weighted by Crippen LogP contribution is -2.28. The number of imidazole rings is 1. The van der Waals surface area contributed by atoms with Gasteiger partial charge >= 0.3 is 0 Å². The Bertz CT molecular complexity index is 994. The zero-order chi connectivity index (χ0) is 20.2. The van der Waals surface area contributed by atoms with Crippen LogP contribution in [0.4, 0.5) is 5.69 Å². The molecule has 0 N–H and O–H groups in total. The van der Waals surface area contributed by atoms with Crippen LogP contribution in [0.5, 0.6) is 0 Å². The number of aromatic nitrogens is 2. The van der Waals surface area contributed by atoms with Gasteiger partial charge in [-0.3, -0.25) is 9.36 Å². The highest BCUT2D eigenvalue weighted by Crippen LogP contribution is 2.26. The molecule has 29 heavy (non-hydrogen) atoms. The fraction of sp³-hybridized carbons (Fsp3) is 0.304. The van der Waals surface area contributed by atoms with E-state index in [1.165, 1.54) is 24.1 Å². The second kappa shape index (κ2) is 8.74. The molecule has 3 aromatic rings. The molecule has 0 atom stereocenters. The number of rotatable bonds is 6. The first-order valence-corrected chi connectivity index (χ1v) is 11.2. The van der Waals surface area contributed by atoms with Crippen molar-refractivity contribution in [2.45, 2.75) is 24.5 Å². The van der Waals surface area contributed by atoms with E-state index in [1.54, 1.807) is 22.9 Å². The molecule has 1 aliphatic rings. The van der Waals surface area contributed by atoms with Crippen LogP contribution in [0.3, 0.4) is 0 Å². The van der Waals surface area contributed by atoms with Gasteiger partial charge in [-0.1, -0.05) is 36.0 Å². The van der Waals surface area contributed by atoms with Crippen molar-refractivity contribution < 1.29 is 4.79 Å². The van der Waals surface area contributed by atoms with Gasteiger partial charge in [-0.2, -0.15) is 0 Å². The summed E-state index contributed by atoms with van der Waals surface area (Å²) in [5.74, 6) is 0.0221. The Hall–Kier alpha value is -2.73. The van der Waals surface area contributed by atoms with Crippen LogP contribution in [0.25, 0.3) is 5.69 Å². The molecule has 0 bridgehead atoms. The molecule has 6 heteroatoms.